The van der Waals surface area contributed by atoms with Gasteiger partial charge >= 0.3 is 0 Å². The molecule has 142 valence electrons. The van der Waals surface area contributed by atoms with Crippen LogP contribution < -0.4 is 9.64 Å². The van der Waals surface area contributed by atoms with Crippen molar-refractivity contribution in [2.24, 2.45) is 5.92 Å². The predicted octanol–water partition coefficient (Wildman–Crippen LogP) is 6.13. The van der Waals surface area contributed by atoms with E-state index in [1.165, 1.54) is 48.2 Å². The Bertz CT molecular complexity index is 917. The summed E-state index contributed by atoms with van der Waals surface area (Å²) in [7, 11) is 1.73. The molecule has 0 unspecified atom stereocenters. The molecular weight excluding hydrogens is 342 g/mol. The lowest BCUT2D eigenvalue weighted by atomic mass is 9.93. The fourth-order valence-corrected chi connectivity index (χ4v) is 5.21. The lowest BCUT2D eigenvalue weighted by Crippen LogP contribution is -2.29. The average Bonchev–Trinajstić information content (AvgIpc) is 3.36. The Balaban J connectivity index is 1.31. The van der Waals surface area contributed by atoms with Gasteiger partial charge in [0.25, 0.3) is 0 Å². The minimum atomic E-state index is 0.673. The molecule has 28 heavy (non-hydrogen) atoms. The largest absolute Gasteiger partial charge is 0.497 e. The van der Waals surface area contributed by atoms with Crippen LogP contribution in [-0.2, 0) is 0 Å². The summed E-state index contributed by atoms with van der Waals surface area (Å²) in [5, 5.41) is 0. The monoisotopic (exact) mass is 369 g/mol. The summed E-state index contributed by atoms with van der Waals surface area (Å²) in [5.41, 5.74) is 5.45. The maximum Gasteiger partial charge on any atom is 0.119 e. The molecule has 1 aliphatic heterocycles. The lowest BCUT2D eigenvalue weighted by Gasteiger charge is -2.27. The summed E-state index contributed by atoms with van der Waals surface area (Å²) in [6, 6.07) is 29.2. The molecule has 3 atom stereocenters. The summed E-state index contributed by atoms with van der Waals surface area (Å²) in [4.78, 5) is 2.63. The Morgan fingerprint density at radius 1 is 0.786 bits per heavy atom. The van der Waals surface area contributed by atoms with Gasteiger partial charge in [-0.2, -0.15) is 0 Å². The normalized spacial score (nSPS) is 23.6. The van der Waals surface area contributed by atoms with E-state index >= 15 is 0 Å². The van der Waals surface area contributed by atoms with Crippen LogP contribution in [0.2, 0.25) is 0 Å². The van der Waals surface area contributed by atoms with Crippen LogP contribution in [-0.4, -0.2) is 19.7 Å². The molecule has 2 heteroatoms. The molecule has 0 amide bonds. The van der Waals surface area contributed by atoms with Gasteiger partial charge in [0.2, 0.25) is 0 Å². The highest BCUT2D eigenvalue weighted by Crippen LogP contribution is 2.47. The highest BCUT2D eigenvalue weighted by molar-refractivity contribution is 5.63. The highest BCUT2D eigenvalue weighted by atomic mass is 16.5. The first-order valence-corrected chi connectivity index (χ1v) is 10.4. The fourth-order valence-electron chi connectivity index (χ4n) is 5.21. The Morgan fingerprint density at radius 2 is 1.50 bits per heavy atom. The van der Waals surface area contributed by atoms with Gasteiger partial charge < -0.3 is 9.64 Å². The molecule has 5 rings (SSSR count). The van der Waals surface area contributed by atoms with Crippen molar-refractivity contribution in [1.82, 2.24) is 0 Å². The van der Waals surface area contributed by atoms with Crippen molar-refractivity contribution in [2.45, 2.75) is 31.2 Å². The molecule has 1 heterocycles. The first-order chi connectivity index (χ1) is 13.8. The zero-order valence-electron chi connectivity index (χ0n) is 16.4. The van der Waals surface area contributed by atoms with Gasteiger partial charge in [-0.15, -0.1) is 0 Å². The van der Waals surface area contributed by atoms with Gasteiger partial charge in [0, 0.05) is 18.3 Å². The number of benzene rings is 3. The minimum Gasteiger partial charge on any atom is -0.497 e. The summed E-state index contributed by atoms with van der Waals surface area (Å²) in [6.45, 7) is 1.18. The van der Waals surface area contributed by atoms with Crippen molar-refractivity contribution >= 4 is 5.69 Å². The van der Waals surface area contributed by atoms with Gasteiger partial charge in [0.1, 0.15) is 5.75 Å². The third-order valence-electron chi connectivity index (χ3n) is 6.69. The van der Waals surface area contributed by atoms with Crippen LogP contribution in [0.3, 0.4) is 0 Å². The van der Waals surface area contributed by atoms with Gasteiger partial charge in [0.15, 0.2) is 0 Å². The second-order valence-corrected chi connectivity index (χ2v) is 8.16. The SMILES string of the molecule is COc1ccc(N2CC[C@H]3C[C@@H](c4ccc(-c5ccccc5)cc4)C[C@H]32)cc1. The van der Waals surface area contributed by atoms with E-state index in [1.807, 2.05) is 0 Å². The molecule has 2 fully saturated rings. The average molecular weight is 370 g/mol. The second-order valence-electron chi connectivity index (χ2n) is 8.16. The van der Waals surface area contributed by atoms with Crippen molar-refractivity contribution < 1.29 is 4.74 Å². The van der Waals surface area contributed by atoms with Crippen LogP contribution in [0.25, 0.3) is 11.1 Å². The smallest absolute Gasteiger partial charge is 0.119 e. The van der Waals surface area contributed by atoms with Crippen molar-refractivity contribution in [3.63, 3.8) is 0 Å². The minimum absolute atomic E-state index is 0.673. The third-order valence-corrected chi connectivity index (χ3v) is 6.69. The first-order valence-electron chi connectivity index (χ1n) is 10.4. The molecule has 1 saturated carbocycles. The Labute approximate surface area is 167 Å². The third kappa shape index (κ3) is 3.17. The molecule has 2 aliphatic rings. The summed E-state index contributed by atoms with van der Waals surface area (Å²) >= 11 is 0. The number of fused-ring (bicyclic) bond motifs is 1. The number of anilines is 1. The van der Waals surface area contributed by atoms with Gasteiger partial charge in [-0.3, -0.25) is 0 Å². The Hall–Kier alpha value is -2.74. The summed E-state index contributed by atoms with van der Waals surface area (Å²) in [6.07, 6.45) is 3.90. The van der Waals surface area contributed by atoms with Crippen LogP contribution in [0.5, 0.6) is 5.75 Å². The van der Waals surface area contributed by atoms with Crippen molar-refractivity contribution in [3.05, 3.63) is 84.4 Å². The van der Waals surface area contributed by atoms with Gasteiger partial charge in [0.05, 0.1) is 7.11 Å². The topological polar surface area (TPSA) is 12.5 Å². The molecule has 0 radical (unpaired) electrons. The van der Waals surface area contributed by atoms with E-state index in [9.17, 15) is 0 Å². The summed E-state index contributed by atoms with van der Waals surface area (Å²) < 4.78 is 5.32. The number of hydrogen-bond acceptors (Lipinski definition) is 2. The van der Waals surface area contributed by atoms with E-state index in [0.717, 1.165) is 11.7 Å². The molecular formula is C26H27NO. The number of hydrogen-bond donors (Lipinski definition) is 0. The fraction of sp³-hybridized carbons (Fsp3) is 0.308. The van der Waals surface area contributed by atoms with E-state index in [1.54, 1.807) is 7.11 Å². The maximum absolute atomic E-state index is 5.32. The second kappa shape index (κ2) is 7.35. The van der Waals surface area contributed by atoms with Gasteiger partial charge in [-0.05, 0) is 72.1 Å². The number of methoxy groups -OCH3 is 1. The lowest BCUT2D eigenvalue weighted by molar-refractivity contribution is 0.415. The number of ether oxygens (including phenoxy) is 1. The molecule has 3 aromatic carbocycles. The molecule has 0 aromatic heterocycles. The molecule has 0 N–H and O–H groups in total. The maximum atomic E-state index is 5.32. The van der Waals surface area contributed by atoms with Crippen LogP contribution in [0.1, 0.15) is 30.7 Å². The van der Waals surface area contributed by atoms with E-state index < -0.39 is 0 Å². The molecule has 1 saturated heterocycles. The van der Waals surface area contributed by atoms with Crippen LogP contribution in [0.15, 0.2) is 78.9 Å². The van der Waals surface area contributed by atoms with E-state index in [-0.39, 0.29) is 0 Å². The number of rotatable bonds is 4. The van der Waals surface area contributed by atoms with Gasteiger partial charge in [-0.25, -0.2) is 0 Å². The van der Waals surface area contributed by atoms with Crippen molar-refractivity contribution in [3.8, 4) is 16.9 Å². The first kappa shape index (κ1) is 17.4. The van der Waals surface area contributed by atoms with Crippen LogP contribution in [0.4, 0.5) is 5.69 Å². The summed E-state index contributed by atoms with van der Waals surface area (Å²) in [5.74, 6) is 2.43. The molecule has 3 aromatic rings. The van der Waals surface area contributed by atoms with E-state index in [2.05, 4.69) is 83.8 Å². The number of nitrogens with zero attached hydrogens (tertiary/aromatic N) is 1. The van der Waals surface area contributed by atoms with Crippen LogP contribution >= 0.6 is 0 Å². The van der Waals surface area contributed by atoms with E-state index in [4.69, 9.17) is 4.74 Å². The van der Waals surface area contributed by atoms with Crippen molar-refractivity contribution in [1.29, 1.82) is 0 Å². The molecule has 1 aliphatic carbocycles. The standard InChI is InChI=1S/C26H27NO/c1-28-25-13-11-24(12-14-25)27-16-15-22-17-23(18-26(22)27)21-9-7-20(8-10-21)19-5-3-2-4-6-19/h2-14,22-23,26H,15-18H2,1H3/t22-,23+,26+/m0/s1. The Kier molecular flexibility index (Phi) is 4.56. The zero-order valence-corrected chi connectivity index (χ0v) is 16.4. The quantitative estimate of drug-likeness (QED) is 0.548. The van der Waals surface area contributed by atoms with Crippen molar-refractivity contribution in [2.75, 3.05) is 18.6 Å². The highest BCUT2D eigenvalue weighted by Gasteiger charge is 2.42. The van der Waals surface area contributed by atoms with E-state index in [0.29, 0.717) is 12.0 Å². The molecule has 0 bridgehead atoms. The molecule has 0 spiro atoms. The predicted molar refractivity (Wildman–Crippen MR) is 116 cm³/mol. The Morgan fingerprint density at radius 3 is 2.21 bits per heavy atom. The molecule has 2 nitrogen and oxygen atoms in total. The van der Waals surface area contributed by atoms with Gasteiger partial charge in [-0.1, -0.05) is 54.6 Å². The zero-order chi connectivity index (χ0) is 18.9. The van der Waals surface area contributed by atoms with Crippen LogP contribution in [0, 0.1) is 5.92 Å².